The van der Waals surface area contributed by atoms with Gasteiger partial charge in [-0.25, -0.2) is 13.1 Å². The molecule has 0 amide bonds. The monoisotopic (exact) mass is 227 g/mol. The van der Waals surface area contributed by atoms with Crippen LogP contribution < -0.4 is 9.46 Å². The molecule has 0 aliphatic carbocycles. The summed E-state index contributed by atoms with van der Waals surface area (Å²) in [6, 6.07) is 7.71. The van der Waals surface area contributed by atoms with Gasteiger partial charge in [0.05, 0.1) is 12.9 Å². The molecule has 1 heterocycles. The molecule has 5 heteroatoms. The van der Waals surface area contributed by atoms with Crippen molar-refractivity contribution in [3.05, 3.63) is 29.8 Å². The highest BCUT2D eigenvalue weighted by Crippen LogP contribution is 2.32. The van der Waals surface area contributed by atoms with Gasteiger partial charge in [0, 0.05) is 18.0 Å². The molecule has 0 radical (unpaired) electrons. The highest BCUT2D eigenvalue weighted by atomic mass is 32.2. The van der Waals surface area contributed by atoms with Crippen LogP contribution in [0.2, 0.25) is 0 Å². The van der Waals surface area contributed by atoms with Gasteiger partial charge < -0.3 is 4.74 Å². The predicted molar refractivity (Wildman–Crippen MR) is 57.5 cm³/mol. The van der Waals surface area contributed by atoms with Crippen molar-refractivity contribution in [2.24, 2.45) is 0 Å². The number of ether oxygens (including phenoxy) is 1. The van der Waals surface area contributed by atoms with Crippen molar-refractivity contribution < 1.29 is 13.2 Å². The van der Waals surface area contributed by atoms with Crippen molar-refractivity contribution in [2.75, 3.05) is 19.4 Å². The van der Waals surface area contributed by atoms with Crippen LogP contribution in [0.5, 0.6) is 5.75 Å². The summed E-state index contributed by atoms with van der Waals surface area (Å²) >= 11 is 0. The molecular weight excluding hydrogens is 214 g/mol. The second-order valence-electron chi connectivity index (χ2n) is 3.67. The zero-order valence-corrected chi connectivity index (χ0v) is 9.25. The molecule has 15 heavy (non-hydrogen) atoms. The Kier molecular flexibility index (Phi) is 2.67. The lowest BCUT2D eigenvalue weighted by molar-refractivity contribution is 0.330. The van der Waals surface area contributed by atoms with Gasteiger partial charge in [0.25, 0.3) is 0 Å². The maximum Gasteiger partial charge on any atom is 0.208 e. The van der Waals surface area contributed by atoms with Crippen molar-refractivity contribution in [3.63, 3.8) is 0 Å². The fourth-order valence-electron chi connectivity index (χ4n) is 1.65. The minimum absolute atomic E-state index is 0.121. The molecule has 1 N–H and O–H groups in total. The van der Waals surface area contributed by atoms with Crippen LogP contribution in [0, 0.1) is 0 Å². The number of nitrogens with one attached hydrogen (secondary N) is 1. The highest BCUT2D eigenvalue weighted by Gasteiger charge is 2.23. The topological polar surface area (TPSA) is 55.4 Å². The van der Waals surface area contributed by atoms with Gasteiger partial charge in [-0.2, -0.15) is 0 Å². The molecule has 2 rings (SSSR count). The molecule has 1 unspecified atom stereocenters. The third-order valence-corrected chi connectivity index (χ3v) is 3.08. The van der Waals surface area contributed by atoms with Crippen molar-refractivity contribution in [1.29, 1.82) is 0 Å². The third kappa shape index (κ3) is 2.49. The minimum Gasteiger partial charge on any atom is -0.493 e. The summed E-state index contributed by atoms with van der Waals surface area (Å²) in [6.07, 6.45) is 1.16. The van der Waals surface area contributed by atoms with Crippen LogP contribution in [0.3, 0.4) is 0 Å². The van der Waals surface area contributed by atoms with Crippen LogP contribution in [-0.4, -0.2) is 27.8 Å². The summed E-state index contributed by atoms with van der Waals surface area (Å²) in [5.41, 5.74) is 1.08. The molecule has 1 atom stereocenters. The third-order valence-electron chi connectivity index (χ3n) is 2.39. The van der Waals surface area contributed by atoms with E-state index in [0.29, 0.717) is 13.2 Å². The molecule has 0 saturated heterocycles. The van der Waals surface area contributed by atoms with Gasteiger partial charge in [0.1, 0.15) is 5.75 Å². The minimum atomic E-state index is -3.12. The number of fused-ring (bicyclic) bond motifs is 1. The maximum absolute atomic E-state index is 10.9. The number of hydrogen-bond acceptors (Lipinski definition) is 3. The average molecular weight is 227 g/mol. The van der Waals surface area contributed by atoms with Gasteiger partial charge in [0.2, 0.25) is 10.0 Å². The summed E-state index contributed by atoms with van der Waals surface area (Å²) in [4.78, 5) is 0. The fraction of sp³-hybridized carbons (Fsp3) is 0.400. The second kappa shape index (κ2) is 3.83. The SMILES string of the molecule is CS(=O)(=O)NCC1COc2ccccc21. The van der Waals surface area contributed by atoms with E-state index in [-0.39, 0.29) is 5.92 Å². The molecule has 0 spiro atoms. The Morgan fingerprint density at radius 3 is 2.93 bits per heavy atom. The van der Waals surface area contributed by atoms with Crippen molar-refractivity contribution in [1.82, 2.24) is 4.72 Å². The standard InChI is InChI=1S/C10H13NO3S/c1-15(12,13)11-6-8-7-14-10-5-3-2-4-9(8)10/h2-5,8,11H,6-7H2,1H3. The summed E-state index contributed by atoms with van der Waals surface area (Å²) in [5, 5.41) is 0. The van der Waals surface area contributed by atoms with Gasteiger partial charge >= 0.3 is 0 Å². The summed E-state index contributed by atoms with van der Waals surface area (Å²) in [6.45, 7) is 0.942. The molecule has 1 aliphatic heterocycles. The molecular formula is C10H13NO3S. The zero-order valence-electron chi connectivity index (χ0n) is 8.43. The van der Waals surface area contributed by atoms with Crippen molar-refractivity contribution >= 4 is 10.0 Å². The molecule has 82 valence electrons. The van der Waals surface area contributed by atoms with Crippen LogP contribution in [0.4, 0.5) is 0 Å². The van der Waals surface area contributed by atoms with Gasteiger partial charge in [-0.3, -0.25) is 0 Å². The molecule has 0 aromatic heterocycles. The number of benzene rings is 1. The van der Waals surface area contributed by atoms with Gasteiger partial charge in [-0.05, 0) is 6.07 Å². The zero-order chi connectivity index (χ0) is 10.9. The average Bonchev–Trinajstić information content (AvgIpc) is 2.57. The predicted octanol–water partition coefficient (Wildman–Crippen LogP) is 0.712. The second-order valence-corrected chi connectivity index (χ2v) is 5.50. The van der Waals surface area contributed by atoms with Crippen LogP contribution in [0.1, 0.15) is 11.5 Å². The number of rotatable bonds is 3. The first-order valence-corrected chi connectivity index (χ1v) is 6.62. The Hall–Kier alpha value is -1.07. The first-order chi connectivity index (χ1) is 7.06. The number of hydrogen-bond donors (Lipinski definition) is 1. The van der Waals surface area contributed by atoms with E-state index in [1.54, 1.807) is 0 Å². The lowest BCUT2D eigenvalue weighted by atomic mass is 10.0. The lowest BCUT2D eigenvalue weighted by Gasteiger charge is -2.08. The van der Waals surface area contributed by atoms with Crippen LogP contribution in [0.25, 0.3) is 0 Å². The van der Waals surface area contributed by atoms with E-state index in [1.807, 2.05) is 24.3 Å². The Balaban J connectivity index is 2.08. The van der Waals surface area contributed by atoms with E-state index in [0.717, 1.165) is 17.6 Å². The molecule has 0 saturated carbocycles. The Morgan fingerprint density at radius 2 is 2.20 bits per heavy atom. The van der Waals surface area contributed by atoms with E-state index in [1.165, 1.54) is 0 Å². The van der Waals surface area contributed by atoms with Gasteiger partial charge in [-0.1, -0.05) is 18.2 Å². The van der Waals surface area contributed by atoms with Crippen LogP contribution in [-0.2, 0) is 10.0 Å². The Morgan fingerprint density at radius 1 is 1.47 bits per heavy atom. The van der Waals surface area contributed by atoms with E-state index < -0.39 is 10.0 Å². The van der Waals surface area contributed by atoms with E-state index in [2.05, 4.69) is 4.72 Å². The van der Waals surface area contributed by atoms with E-state index >= 15 is 0 Å². The van der Waals surface area contributed by atoms with Crippen molar-refractivity contribution in [3.8, 4) is 5.75 Å². The number of para-hydroxylation sites is 1. The van der Waals surface area contributed by atoms with E-state index in [4.69, 9.17) is 4.74 Å². The van der Waals surface area contributed by atoms with Gasteiger partial charge in [0.15, 0.2) is 0 Å². The lowest BCUT2D eigenvalue weighted by Crippen LogP contribution is -2.27. The van der Waals surface area contributed by atoms with Crippen LogP contribution >= 0.6 is 0 Å². The van der Waals surface area contributed by atoms with Crippen LogP contribution in [0.15, 0.2) is 24.3 Å². The summed E-state index contributed by atoms with van der Waals surface area (Å²) in [5.74, 6) is 0.980. The quantitative estimate of drug-likeness (QED) is 0.827. The smallest absolute Gasteiger partial charge is 0.208 e. The summed E-state index contributed by atoms with van der Waals surface area (Å²) in [7, 11) is -3.12. The molecule has 1 aromatic carbocycles. The highest BCUT2D eigenvalue weighted by molar-refractivity contribution is 7.88. The first-order valence-electron chi connectivity index (χ1n) is 4.72. The fourth-order valence-corrected chi connectivity index (χ4v) is 2.15. The molecule has 1 aliphatic rings. The van der Waals surface area contributed by atoms with E-state index in [9.17, 15) is 8.42 Å². The maximum atomic E-state index is 10.9. The van der Waals surface area contributed by atoms with Gasteiger partial charge in [-0.15, -0.1) is 0 Å². The molecule has 4 nitrogen and oxygen atoms in total. The summed E-state index contributed by atoms with van der Waals surface area (Å²) < 4.78 is 29.8. The molecule has 0 fully saturated rings. The Bertz CT molecular complexity index is 455. The first kappa shape index (κ1) is 10.4. The molecule has 0 bridgehead atoms. The molecule has 1 aromatic rings. The Labute approximate surface area is 89.3 Å². The van der Waals surface area contributed by atoms with Crippen molar-refractivity contribution in [2.45, 2.75) is 5.92 Å². The number of sulfonamides is 1. The normalized spacial score (nSPS) is 19.7. The largest absolute Gasteiger partial charge is 0.493 e.